The second-order valence-corrected chi connectivity index (χ2v) is 4.93. The van der Waals surface area contributed by atoms with Crippen molar-refractivity contribution in [2.24, 2.45) is 11.7 Å². The highest BCUT2D eigenvalue weighted by Crippen LogP contribution is 2.34. The van der Waals surface area contributed by atoms with Crippen molar-refractivity contribution in [3.8, 4) is 0 Å². The van der Waals surface area contributed by atoms with Gasteiger partial charge in [0.1, 0.15) is 0 Å². The Hall–Kier alpha value is -0.710. The van der Waals surface area contributed by atoms with E-state index in [9.17, 15) is 4.79 Å². The first-order valence-electron chi connectivity index (χ1n) is 5.43. The maximum absolute atomic E-state index is 11.1. The van der Waals surface area contributed by atoms with Crippen LogP contribution in [0.15, 0.2) is 12.4 Å². The Morgan fingerprint density at radius 1 is 1.28 bits per heavy atom. The number of nitrogens with two attached hydrogens (primary N) is 1. The Kier molecular flexibility index (Phi) is 5.50. The molecule has 2 N–H and O–H groups in total. The Labute approximate surface area is 122 Å². The van der Waals surface area contributed by atoms with Gasteiger partial charge in [0.15, 0.2) is 0 Å². The van der Waals surface area contributed by atoms with Crippen LogP contribution in [0.25, 0.3) is 0 Å². The van der Waals surface area contributed by atoms with Crippen molar-refractivity contribution in [3.05, 3.63) is 22.4 Å². The molecule has 2 heterocycles. The fraction of sp³-hybridized carbons (Fsp3) is 0.455. The summed E-state index contributed by atoms with van der Waals surface area (Å²) >= 11 is 12.2. The Balaban J connectivity index is 0.00000162. The van der Waals surface area contributed by atoms with Gasteiger partial charge in [-0.25, -0.2) is 0 Å². The number of carbonyl (C=O) groups excluding carboxylic acids is 1. The third-order valence-electron chi connectivity index (χ3n) is 3.04. The number of pyridine rings is 1. The Bertz CT molecular complexity index is 413. The monoisotopic (exact) mass is 309 g/mol. The third kappa shape index (κ3) is 3.19. The Morgan fingerprint density at radius 2 is 1.78 bits per heavy atom. The van der Waals surface area contributed by atoms with Crippen molar-refractivity contribution in [1.82, 2.24) is 4.98 Å². The predicted octanol–water partition coefficient (Wildman–Crippen LogP) is 2.51. The number of rotatable bonds is 2. The van der Waals surface area contributed by atoms with Crippen molar-refractivity contribution in [3.63, 3.8) is 0 Å². The highest BCUT2D eigenvalue weighted by molar-refractivity contribution is 6.38. The fourth-order valence-electron chi connectivity index (χ4n) is 2.09. The maximum atomic E-state index is 11.1. The van der Waals surface area contributed by atoms with Gasteiger partial charge in [-0.1, -0.05) is 23.2 Å². The molecule has 1 fully saturated rings. The number of anilines is 1. The summed E-state index contributed by atoms with van der Waals surface area (Å²) in [6, 6.07) is 0. The summed E-state index contributed by atoms with van der Waals surface area (Å²) < 4.78 is 0. The molecule has 1 aromatic heterocycles. The first-order valence-corrected chi connectivity index (χ1v) is 6.18. The number of nitrogens with zero attached hydrogens (tertiary/aromatic N) is 2. The van der Waals surface area contributed by atoms with Crippen LogP contribution in [-0.2, 0) is 4.79 Å². The second-order valence-electron chi connectivity index (χ2n) is 4.12. The smallest absolute Gasteiger partial charge is 0.220 e. The van der Waals surface area contributed by atoms with Crippen LogP contribution in [0, 0.1) is 5.92 Å². The summed E-state index contributed by atoms with van der Waals surface area (Å²) in [6.45, 7) is 1.47. The van der Waals surface area contributed by atoms with E-state index < -0.39 is 0 Å². The average molecular weight is 311 g/mol. The molecule has 1 saturated heterocycles. The van der Waals surface area contributed by atoms with Crippen molar-refractivity contribution >= 4 is 47.2 Å². The molecule has 1 aliphatic rings. The van der Waals surface area contributed by atoms with Crippen molar-refractivity contribution < 1.29 is 4.79 Å². The summed E-state index contributed by atoms with van der Waals surface area (Å²) in [5.74, 6) is -0.262. The quantitative estimate of drug-likeness (QED) is 0.913. The summed E-state index contributed by atoms with van der Waals surface area (Å²) in [6.07, 6.45) is 4.63. The number of aromatic nitrogens is 1. The zero-order valence-corrected chi connectivity index (χ0v) is 11.9. The lowest BCUT2D eigenvalue weighted by Gasteiger charge is -2.33. The normalized spacial score (nSPS) is 16.2. The van der Waals surface area contributed by atoms with E-state index in [-0.39, 0.29) is 24.2 Å². The second kappa shape index (κ2) is 6.45. The molecule has 1 amide bonds. The highest BCUT2D eigenvalue weighted by Gasteiger charge is 2.25. The van der Waals surface area contributed by atoms with Gasteiger partial charge in [-0.3, -0.25) is 9.78 Å². The van der Waals surface area contributed by atoms with Crippen LogP contribution in [0.5, 0.6) is 0 Å². The third-order valence-corrected chi connectivity index (χ3v) is 3.59. The SMILES string of the molecule is Cl.NC(=O)C1CCN(c2c(Cl)cncc2Cl)CC1. The summed E-state index contributed by atoms with van der Waals surface area (Å²) in [5.41, 5.74) is 6.09. The van der Waals surface area contributed by atoms with Gasteiger partial charge in [0, 0.05) is 31.4 Å². The van der Waals surface area contributed by atoms with Gasteiger partial charge < -0.3 is 10.6 Å². The van der Waals surface area contributed by atoms with Crippen molar-refractivity contribution in [2.45, 2.75) is 12.8 Å². The van der Waals surface area contributed by atoms with Crippen LogP contribution in [0.2, 0.25) is 10.0 Å². The molecule has 2 rings (SSSR count). The molecule has 0 bridgehead atoms. The minimum atomic E-state index is -0.225. The first-order chi connectivity index (χ1) is 8.09. The molecule has 0 unspecified atom stereocenters. The van der Waals surface area contributed by atoms with Gasteiger partial charge in [0.05, 0.1) is 15.7 Å². The van der Waals surface area contributed by atoms with E-state index in [1.54, 1.807) is 12.4 Å². The number of hydrogen-bond donors (Lipinski definition) is 1. The molecule has 0 spiro atoms. The van der Waals surface area contributed by atoms with Gasteiger partial charge in [0.25, 0.3) is 0 Å². The van der Waals surface area contributed by atoms with E-state index in [1.807, 2.05) is 0 Å². The zero-order valence-electron chi connectivity index (χ0n) is 9.60. The number of halogens is 3. The number of amides is 1. The van der Waals surface area contributed by atoms with E-state index in [4.69, 9.17) is 28.9 Å². The van der Waals surface area contributed by atoms with Crippen LogP contribution in [0.4, 0.5) is 5.69 Å². The molecular formula is C11H14Cl3N3O. The lowest BCUT2D eigenvalue weighted by atomic mass is 9.96. The molecular weight excluding hydrogens is 296 g/mol. The van der Waals surface area contributed by atoms with Crippen LogP contribution in [0.1, 0.15) is 12.8 Å². The molecule has 0 atom stereocenters. The fourth-order valence-corrected chi connectivity index (χ4v) is 2.70. The zero-order chi connectivity index (χ0) is 12.4. The van der Waals surface area contributed by atoms with Gasteiger partial charge in [0.2, 0.25) is 5.91 Å². The first kappa shape index (κ1) is 15.3. The summed E-state index contributed by atoms with van der Waals surface area (Å²) in [5, 5.41) is 1.07. The largest absolute Gasteiger partial charge is 0.369 e. The Morgan fingerprint density at radius 3 is 2.22 bits per heavy atom. The van der Waals surface area contributed by atoms with Crippen LogP contribution in [-0.4, -0.2) is 24.0 Å². The molecule has 18 heavy (non-hydrogen) atoms. The number of hydrogen-bond acceptors (Lipinski definition) is 3. The van der Waals surface area contributed by atoms with Gasteiger partial charge in [-0.15, -0.1) is 12.4 Å². The molecule has 4 nitrogen and oxygen atoms in total. The minimum Gasteiger partial charge on any atom is -0.369 e. The molecule has 0 radical (unpaired) electrons. The van der Waals surface area contributed by atoms with Gasteiger partial charge >= 0.3 is 0 Å². The van der Waals surface area contributed by atoms with Crippen LogP contribution < -0.4 is 10.6 Å². The van der Waals surface area contributed by atoms with Crippen molar-refractivity contribution in [2.75, 3.05) is 18.0 Å². The topological polar surface area (TPSA) is 59.2 Å². The van der Waals surface area contributed by atoms with E-state index in [2.05, 4.69) is 9.88 Å². The van der Waals surface area contributed by atoms with E-state index in [0.717, 1.165) is 31.6 Å². The van der Waals surface area contributed by atoms with Crippen LogP contribution in [0.3, 0.4) is 0 Å². The lowest BCUT2D eigenvalue weighted by Crippen LogP contribution is -2.38. The minimum absolute atomic E-state index is 0. The average Bonchev–Trinajstić information content (AvgIpc) is 2.29. The molecule has 1 aromatic rings. The standard InChI is InChI=1S/C11H13Cl2N3O.ClH/c12-8-5-15-6-9(13)10(8)16-3-1-7(2-4-16)11(14)17;/h5-7H,1-4H2,(H2,14,17);1H. The summed E-state index contributed by atoms with van der Waals surface area (Å²) in [4.78, 5) is 17.1. The van der Waals surface area contributed by atoms with E-state index in [1.165, 1.54) is 0 Å². The maximum Gasteiger partial charge on any atom is 0.220 e. The molecule has 0 saturated carbocycles. The molecule has 1 aliphatic heterocycles. The van der Waals surface area contributed by atoms with Gasteiger partial charge in [-0.2, -0.15) is 0 Å². The van der Waals surface area contributed by atoms with Gasteiger partial charge in [-0.05, 0) is 12.8 Å². The predicted molar refractivity (Wildman–Crippen MR) is 75.6 cm³/mol. The highest BCUT2D eigenvalue weighted by atomic mass is 35.5. The number of carbonyl (C=O) groups is 1. The number of primary amides is 1. The summed E-state index contributed by atoms with van der Waals surface area (Å²) in [7, 11) is 0. The van der Waals surface area contributed by atoms with Crippen LogP contribution >= 0.6 is 35.6 Å². The lowest BCUT2D eigenvalue weighted by molar-refractivity contribution is -0.122. The molecule has 0 aromatic carbocycles. The van der Waals surface area contributed by atoms with E-state index >= 15 is 0 Å². The van der Waals surface area contributed by atoms with E-state index in [0.29, 0.717) is 10.0 Å². The molecule has 0 aliphatic carbocycles. The van der Waals surface area contributed by atoms with Crippen molar-refractivity contribution in [1.29, 1.82) is 0 Å². The number of piperidine rings is 1. The molecule has 100 valence electrons. The molecule has 7 heteroatoms.